The zero-order chi connectivity index (χ0) is 13.1. The SMILES string of the molecule is O=C1C(O)OCCN1Cc1cccc([N+](=O)[O-])c1. The van der Waals surface area contributed by atoms with Gasteiger partial charge in [-0.15, -0.1) is 0 Å². The number of rotatable bonds is 3. The summed E-state index contributed by atoms with van der Waals surface area (Å²) in [5.74, 6) is -0.521. The van der Waals surface area contributed by atoms with E-state index < -0.39 is 17.1 Å². The van der Waals surface area contributed by atoms with Gasteiger partial charge in [-0.2, -0.15) is 0 Å². The first-order valence-corrected chi connectivity index (χ1v) is 5.40. The number of non-ortho nitro benzene ring substituents is 1. The smallest absolute Gasteiger partial charge is 0.279 e. The largest absolute Gasteiger partial charge is 0.361 e. The first-order valence-electron chi connectivity index (χ1n) is 5.40. The van der Waals surface area contributed by atoms with Gasteiger partial charge in [0.2, 0.25) is 6.29 Å². The van der Waals surface area contributed by atoms with E-state index in [0.29, 0.717) is 12.1 Å². The average molecular weight is 252 g/mol. The van der Waals surface area contributed by atoms with Gasteiger partial charge in [-0.3, -0.25) is 14.9 Å². The van der Waals surface area contributed by atoms with Crippen LogP contribution >= 0.6 is 0 Å². The molecular weight excluding hydrogens is 240 g/mol. The van der Waals surface area contributed by atoms with Crippen LogP contribution in [0, 0.1) is 10.1 Å². The lowest BCUT2D eigenvalue weighted by atomic mass is 10.2. The van der Waals surface area contributed by atoms with Crippen LogP contribution in [0.4, 0.5) is 5.69 Å². The molecule has 1 fully saturated rings. The number of carbonyl (C=O) groups is 1. The molecule has 1 N–H and O–H groups in total. The number of ether oxygens (including phenoxy) is 1. The first kappa shape index (κ1) is 12.5. The van der Waals surface area contributed by atoms with Crippen LogP contribution in [0.1, 0.15) is 5.56 Å². The topological polar surface area (TPSA) is 92.9 Å². The van der Waals surface area contributed by atoms with Gasteiger partial charge in [0.05, 0.1) is 11.5 Å². The molecule has 0 aliphatic carbocycles. The summed E-state index contributed by atoms with van der Waals surface area (Å²) in [6.45, 7) is 0.835. The lowest BCUT2D eigenvalue weighted by Crippen LogP contribution is -2.47. The maximum absolute atomic E-state index is 11.6. The lowest BCUT2D eigenvalue weighted by Gasteiger charge is -2.29. The summed E-state index contributed by atoms with van der Waals surface area (Å²) in [6.07, 6.45) is -1.43. The second-order valence-corrected chi connectivity index (χ2v) is 3.91. The van der Waals surface area contributed by atoms with E-state index in [1.54, 1.807) is 12.1 Å². The number of hydrogen-bond acceptors (Lipinski definition) is 5. The number of nitrogens with zero attached hydrogens (tertiary/aromatic N) is 2. The molecule has 0 spiro atoms. The number of nitro groups is 1. The van der Waals surface area contributed by atoms with Gasteiger partial charge in [0.15, 0.2) is 0 Å². The van der Waals surface area contributed by atoms with E-state index in [9.17, 15) is 20.0 Å². The second-order valence-electron chi connectivity index (χ2n) is 3.91. The molecule has 0 bridgehead atoms. The summed E-state index contributed by atoms with van der Waals surface area (Å²) in [7, 11) is 0. The van der Waals surface area contributed by atoms with Crippen LogP contribution in [0.2, 0.25) is 0 Å². The molecule has 1 heterocycles. The Bertz CT molecular complexity index is 476. The third-order valence-electron chi connectivity index (χ3n) is 2.65. The van der Waals surface area contributed by atoms with Crippen LogP contribution in [-0.2, 0) is 16.1 Å². The normalized spacial score (nSPS) is 19.9. The second kappa shape index (κ2) is 5.11. The summed E-state index contributed by atoms with van der Waals surface area (Å²) >= 11 is 0. The minimum Gasteiger partial charge on any atom is -0.361 e. The van der Waals surface area contributed by atoms with Crippen LogP contribution in [-0.4, -0.2) is 40.3 Å². The molecule has 0 radical (unpaired) electrons. The minimum absolute atomic E-state index is 0.0197. The molecule has 7 nitrogen and oxygen atoms in total. The number of hydrogen-bond donors (Lipinski definition) is 1. The zero-order valence-electron chi connectivity index (χ0n) is 9.48. The molecule has 1 atom stereocenters. The van der Waals surface area contributed by atoms with Gasteiger partial charge < -0.3 is 14.7 Å². The molecule has 1 aliphatic rings. The monoisotopic (exact) mass is 252 g/mol. The van der Waals surface area contributed by atoms with Crippen molar-refractivity contribution < 1.29 is 19.6 Å². The van der Waals surface area contributed by atoms with Crippen molar-refractivity contribution in [2.45, 2.75) is 12.8 Å². The third kappa shape index (κ3) is 2.63. The molecule has 1 saturated heterocycles. The summed E-state index contributed by atoms with van der Waals surface area (Å²) in [5, 5.41) is 19.9. The number of benzene rings is 1. The van der Waals surface area contributed by atoms with Gasteiger partial charge in [0.25, 0.3) is 11.6 Å². The number of aliphatic hydroxyl groups is 1. The Hall–Kier alpha value is -1.99. The summed E-state index contributed by atoms with van der Waals surface area (Å²) in [5.41, 5.74) is 0.625. The fourth-order valence-electron chi connectivity index (χ4n) is 1.76. The molecule has 1 aromatic carbocycles. The Balaban J connectivity index is 2.11. The fraction of sp³-hybridized carbons (Fsp3) is 0.364. The van der Waals surface area contributed by atoms with E-state index >= 15 is 0 Å². The van der Waals surface area contributed by atoms with Crippen LogP contribution in [0.5, 0.6) is 0 Å². The molecule has 18 heavy (non-hydrogen) atoms. The quantitative estimate of drug-likeness (QED) is 0.615. The zero-order valence-corrected chi connectivity index (χ0v) is 9.48. The van der Waals surface area contributed by atoms with Crippen LogP contribution in [0.3, 0.4) is 0 Å². The molecule has 1 amide bonds. The van der Waals surface area contributed by atoms with E-state index in [-0.39, 0.29) is 18.8 Å². The fourth-order valence-corrected chi connectivity index (χ4v) is 1.76. The van der Waals surface area contributed by atoms with E-state index in [1.807, 2.05) is 0 Å². The van der Waals surface area contributed by atoms with Gasteiger partial charge in [-0.1, -0.05) is 12.1 Å². The highest BCUT2D eigenvalue weighted by Gasteiger charge is 2.27. The number of carbonyl (C=O) groups excluding carboxylic acids is 1. The highest BCUT2D eigenvalue weighted by Crippen LogP contribution is 2.16. The van der Waals surface area contributed by atoms with Gasteiger partial charge >= 0.3 is 0 Å². The van der Waals surface area contributed by atoms with Crippen molar-refractivity contribution in [3.8, 4) is 0 Å². The molecule has 0 aromatic heterocycles. The van der Waals surface area contributed by atoms with Crippen molar-refractivity contribution in [3.05, 3.63) is 39.9 Å². The number of morpholine rings is 1. The van der Waals surface area contributed by atoms with Crippen molar-refractivity contribution in [2.75, 3.05) is 13.2 Å². The van der Waals surface area contributed by atoms with Crippen molar-refractivity contribution in [1.82, 2.24) is 4.90 Å². The van der Waals surface area contributed by atoms with Crippen LogP contribution < -0.4 is 0 Å². The van der Waals surface area contributed by atoms with Gasteiger partial charge in [0.1, 0.15) is 0 Å². The molecule has 1 unspecified atom stereocenters. The maximum Gasteiger partial charge on any atom is 0.279 e. The predicted octanol–water partition coefficient (Wildman–Crippen LogP) is 0.272. The molecule has 7 heteroatoms. The number of nitro benzene ring substituents is 1. The predicted molar refractivity (Wildman–Crippen MR) is 60.5 cm³/mol. The van der Waals surface area contributed by atoms with Gasteiger partial charge in [-0.05, 0) is 5.56 Å². The Morgan fingerprint density at radius 1 is 1.56 bits per heavy atom. The van der Waals surface area contributed by atoms with Crippen molar-refractivity contribution in [3.63, 3.8) is 0 Å². The Kier molecular flexibility index (Phi) is 3.54. The third-order valence-corrected chi connectivity index (χ3v) is 2.65. The van der Waals surface area contributed by atoms with E-state index in [4.69, 9.17) is 4.74 Å². The molecule has 1 aromatic rings. The lowest BCUT2D eigenvalue weighted by molar-refractivity contribution is -0.384. The highest BCUT2D eigenvalue weighted by atomic mass is 16.6. The van der Waals surface area contributed by atoms with Crippen LogP contribution in [0.25, 0.3) is 0 Å². The standard InChI is InChI=1S/C11H12N2O5/c14-10-11(15)18-5-4-12(10)7-8-2-1-3-9(6-8)13(16)17/h1-3,6,11,15H,4-5,7H2. The highest BCUT2D eigenvalue weighted by molar-refractivity contribution is 5.79. The Morgan fingerprint density at radius 3 is 3.06 bits per heavy atom. The van der Waals surface area contributed by atoms with E-state index in [1.165, 1.54) is 17.0 Å². The maximum atomic E-state index is 11.6. The number of aliphatic hydroxyl groups excluding tert-OH is 1. The average Bonchev–Trinajstić information content (AvgIpc) is 2.35. The minimum atomic E-state index is -1.43. The molecule has 2 rings (SSSR count). The molecular formula is C11H12N2O5. The summed E-state index contributed by atoms with van der Waals surface area (Å²) in [6, 6.07) is 6.06. The molecule has 0 saturated carbocycles. The van der Waals surface area contributed by atoms with Crippen molar-refractivity contribution in [1.29, 1.82) is 0 Å². The summed E-state index contributed by atoms with van der Waals surface area (Å²) < 4.78 is 4.78. The Morgan fingerprint density at radius 2 is 2.33 bits per heavy atom. The van der Waals surface area contributed by atoms with Crippen LogP contribution in [0.15, 0.2) is 24.3 Å². The van der Waals surface area contributed by atoms with E-state index in [2.05, 4.69) is 0 Å². The Labute approximate surface area is 103 Å². The van der Waals surface area contributed by atoms with E-state index in [0.717, 1.165) is 0 Å². The van der Waals surface area contributed by atoms with Gasteiger partial charge in [0, 0.05) is 25.2 Å². The van der Waals surface area contributed by atoms with Crippen molar-refractivity contribution >= 4 is 11.6 Å². The van der Waals surface area contributed by atoms with Gasteiger partial charge in [-0.25, -0.2) is 0 Å². The first-order chi connectivity index (χ1) is 8.58. The summed E-state index contributed by atoms with van der Waals surface area (Å²) in [4.78, 5) is 23.1. The van der Waals surface area contributed by atoms with Crippen molar-refractivity contribution in [2.24, 2.45) is 0 Å². The molecule has 96 valence electrons. The number of amides is 1. The molecule has 1 aliphatic heterocycles.